The highest BCUT2D eigenvalue weighted by Crippen LogP contribution is 2.23. The van der Waals surface area contributed by atoms with E-state index in [4.69, 9.17) is 0 Å². The smallest absolute Gasteiger partial charge is 0.292 e. The van der Waals surface area contributed by atoms with Crippen molar-refractivity contribution in [3.63, 3.8) is 0 Å². The largest absolute Gasteiger partial charge is 0.320 e. The second-order valence-electron chi connectivity index (χ2n) is 3.78. The molecule has 0 saturated carbocycles. The van der Waals surface area contributed by atoms with Crippen LogP contribution in [0.4, 0.5) is 11.4 Å². The predicted octanol–water partition coefficient (Wildman–Crippen LogP) is 3.11. The third-order valence-electron chi connectivity index (χ3n) is 2.38. The van der Waals surface area contributed by atoms with Gasteiger partial charge >= 0.3 is 0 Å². The highest BCUT2D eigenvalue weighted by atomic mass is 16.6. The van der Waals surface area contributed by atoms with Gasteiger partial charge in [-0.3, -0.25) is 14.9 Å². The number of carbonyl (C=O) groups is 1. The molecule has 0 bridgehead atoms. The lowest BCUT2D eigenvalue weighted by molar-refractivity contribution is -0.383. The SMILES string of the molecule is CCCCCC(=O)Nc1ccccc1[N+](=O)[O-]. The molecule has 0 unspecified atom stereocenters. The molecule has 0 fully saturated rings. The Bertz CT molecular complexity index is 404. The number of benzene rings is 1. The number of para-hydroxylation sites is 2. The summed E-state index contributed by atoms with van der Waals surface area (Å²) in [5.41, 5.74) is 0.190. The van der Waals surface area contributed by atoms with E-state index in [-0.39, 0.29) is 17.3 Å². The van der Waals surface area contributed by atoms with E-state index in [0.717, 1.165) is 19.3 Å². The van der Waals surface area contributed by atoms with Gasteiger partial charge in [0.05, 0.1) is 4.92 Å². The number of nitrogens with one attached hydrogen (secondary N) is 1. The van der Waals surface area contributed by atoms with Crippen LogP contribution in [0.25, 0.3) is 0 Å². The van der Waals surface area contributed by atoms with Crippen molar-refractivity contribution in [3.8, 4) is 0 Å². The number of hydrogen-bond acceptors (Lipinski definition) is 3. The van der Waals surface area contributed by atoms with Crippen LogP contribution in [0.15, 0.2) is 24.3 Å². The monoisotopic (exact) mass is 236 g/mol. The van der Waals surface area contributed by atoms with Gasteiger partial charge in [-0.2, -0.15) is 0 Å². The fraction of sp³-hybridized carbons (Fsp3) is 0.417. The molecule has 0 atom stereocenters. The molecule has 5 nitrogen and oxygen atoms in total. The molecule has 0 aliphatic rings. The summed E-state index contributed by atoms with van der Waals surface area (Å²) in [6.45, 7) is 2.06. The van der Waals surface area contributed by atoms with Crippen LogP contribution in [-0.4, -0.2) is 10.8 Å². The van der Waals surface area contributed by atoms with Crippen molar-refractivity contribution < 1.29 is 9.72 Å². The fourth-order valence-corrected chi connectivity index (χ4v) is 1.49. The van der Waals surface area contributed by atoms with E-state index in [1.165, 1.54) is 12.1 Å². The summed E-state index contributed by atoms with van der Waals surface area (Å²) >= 11 is 0. The molecular weight excluding hydrogens is 220 g/mol. The molecule has 0 aromatic heterocycles. The van der Waals surface area contributed by atoms with Gasteiger partial charge in [0.25, 0.3) is 5.69 Å². The van der Waals surface area contributed by atoms with Crippen molar-refractivity contribution in [3.05, 3.63) is 34.4 Å². The number of hydrogen-bond donors (Lipinski definition) is 1. The van der Waals surface area contributed by atoms with Crippen molar-refractivity contribution in [2.45, 2.75) is 32.6 Å². The minimum absolute atomic E-state index is 0.0728. The van der Waals surface area contributed by atoms with E-state index in [1.54, 1.807) is 12.1 Å². The Labute approximate surface area is 100.0 Å². The van der Waals surface area contributed by atoms with Crippen LogP contribution in [0.1, 0.15) is 32.6 Å². The number of nitro groups is 1. The van der Waals surface area contributed by atoms with Crippen LogP contribution in [0, 0.1) is 10.1 Å². The number of carbonyl (C=O) groups excluding carboxylic acids is 1. The van der Waals surface area contributed by atoms with Crippen molar-refractivity contribution >= 4 is 17.3 Å². The minimum Gasteiger partial charge on any atom is -0.320 e. The van der Waals surface area contributed by atoms with Gasteiger partial charge in [-0.1, -0.05) is 31.9 Å². The van der Waals surface area contributed by atoms with Gasteiger partial charge in [0.1, 0.15) is 5.69 Å². The Morgan fingerprint density at radius 2 is 2.06 bits per heavy atom. The van der Waals surface area contributed by atoms with Gasteiger partial charge < -0.3 is 5.32 Å². The topological polar surface area (TPSA) is 72.2 Å². The van der Waals surface area contributed by atoms with Gasteiger partial charge in [-0.15, -0.1) is 0 Å². The maximum atomic E-state index is 11.5. The molecule has 92 valence electrons. The third-order valence-corrected chi connectivity index (χ3v) is 2.38. The lowest BCUT2D eigenvalue weighted by Crippen LogP contribution is -2.12. The summed E-state index contributed by atoms with van der Waals surface area (Å²) in [6, 6.07) is 6.15. The average Bonchev–Trinajstić information content (AvgIpc) is 2.29. The van der Waals surface area contributed by atoms with Gasteiger partial charge in [0, 0.05) is 12.5 Å². The molecule has 1 amide bonds. The second-order valence-corrected chi connectivity index (χ2v) is 3.78. The first-order valence-corrected chi connectivity index (χ1v) is 5.68. The number of anilines is 1. The third kappa shape index (κ3) is 4.22. The fourth-order valence-electron chi connectivity index (χ4n) is 1.49. The second kappa shape index (κ2) is 6.62. The van der Waals surface area contributed by atoms with E-state index >= 15 is 0 Å². The standard InChI is InChI=1S/C12H16N2O3/c1-2-3-4-9-12(15)13-10-7-5-6-8-11(10)14(16)17/h5-8H,2-4,9H2,1H3,(H,13,15). The highest BCUT2D eigenvalue weighted by Gasteiger charge is 2.14. The minimum atomic E-state index is -0.498. The maximum absolute atomic E-state index is 11.5. The number of unbranched alkanes of at least 4 members (excludes halogenated alkanes) is 2. The molecule has 5 heteroatoms. The molecule has 0 heterocycles. The number of nitro benzene ring substituents is 1. The number of rotatable bonds is 6. The van der Waals surface area contributed by atoms with E-state index in [0.29, 0.717) is 6.42 Å². The van der Waals surface area contributed by atoms with E-state index < -0.39 is 4.92 Å². The summed E-state index contributed by atoms with van der Waals surface area (Å²) in [6.07, 6.45) is 3.24. The van der Waals surface area contributed by atoms with Crippen molar-refractivity contribution in [2.24, 2.45) is 0 Å². The van der Waals surface area contributed by atoms with Crippen LogP contribution >= 0.6 is 0 Å². The lowest BCUT2D eigenvalue weighted by atomic mass is 10.2. The zero-order chi connectivity index (χ0) is 12.7. The van der Waals surface area contributed by atoms with Crippen molar-refractivity contribution in [1.29, 1.82) is 0 Å². The Kier molecular flexibility index (Phi) is 5.13. The summed E-state index contributed by atoms with van der Waals surface area (Å²) in [5.74, 6) is -0.173. The number of amides is 1. The van der Waals surface area contributed by atoms with Crippen molar-refractivity contribution in [2.75, 3.05) is 5.32 Å². The van der Waals surface area contributed by atoms with Gasteiger partial charge in [-0.25, -0.2) is 0 Å². The van der Waals surface area contributed by atoms with Crippen LogP contribution in [0.3, 0.4) is 0 Å². The zero-order valence-corrected chi connectivity index (χ0v) is 9.81. The predicted molar refractivity (Wildman–Crippen MR) is 65.9 cm³/mol. The quantitative estimate of drug-likeness (QED) is 0.468. The summed E-state index contributed by atoms with van der Waals surface area (Å²) in [7, 11) is 0. The van der Waals surface area contributed by atoms with Crippen LogP contribution < -0.4 is 5.32 Å². The molecule has 1 aromatic carbocycles. The molecule has 17 heavy (non-hydrogen) atoms. The maximum Gasteiger partial charge on any atom is 0.292 e. The first-order valence-electron chi connectivity index (χ1n) is 5.68. The van der Waals surface area contributed by atoms with Crippen LogP contribution in [-0.2, 0) is 4.79 Å². The molecule has 0 aliphatic heterocycles. The van der Waals surface area contributed by atoms with E-state index in [9.17, 15) is 14.9 Å². The molecule has 0 radical (unpaired) electrons. The summed E-state index contributed by atoms with van der Waals surface area (Å²) < 4.78 is 0. The van der Waals surface area contributed by atoms with Gasteiger partial charge in [-0.05, 0) is 12.5 Å². The molecule has 1 aromatic rings. The first kappa shape index (κ1) is 13.2. The normalized spacial score (nSPS) is 9.94. The summed E-state index contributed by atoms with van der Waals surface area (Å²) in [4.78, 5) is 21.7. The van der Waals surface area contributed by atoms with Crippen LogP contribution in [0.5, 0.6) is 0 Å². The summed E-state index contributed by atoms with van der Waals surface area (Å²) in [5, 5.41) is 13.3. The Morgan fingerprint density at radius 3 is 2.71 bits per heavy atom. The van der Waals surface area contributed by atoms with E-state index in [2.05, 4.69) is 12.2 Å². The van der Waals surface area contributed by atoms with Crippen LogP contribution in [0.2, 0.25) is 0 Å². The molecule has 0 spiro atoms. The van der Waals surface area contributed by atoms with Gasteiger partial charge in [0.2, 0.25) is 5.91 Å². The average molecular weight is 236 g/mol. The Hall–Kier alpha value is -1.91. The van der Waals surface area contributed by atoms with Gasteiger partial charge in [0.15, 0.2) is 0 Å². The zero-order valence-electron chi connectivity index (χ0n) is 9.81. The molecule has 1 rings (SSSR count). The molecule has 0 saturated heterocycles. The Morgan fingerprint density at radius 1 is 1.35 bits per heavy atom. The lowest BCUT2D eigenvalue weighted by Gasteiger charge is -2.05. The molecule has 1 N–H and O–H groups in total. The highest BCUT2D eigenvalue weighted by molar-refractivity contribution is 5.92. The number of nitrogens with zero attached hydrogens (tertiary/aromatic N) is 1. The molecular formula is C12H16N2O3. The molecule has 0 aliphatic carbocycles. The Balaban J connectivity index is 2.61. The van der Waals surface area contributed by atoms with E-state index in [1.807, 2.05) is 0 Å². The van der Waals surface area contributed by atoms with Crippen molar-refractivity contribution in [1.82, 2.24) is 0 Å². The first-order chi connectivity index (χ1) is 8.15.